The van der Waals surface area contributed by atoms with Crippen LogP contribution in [0.25, 0.3) is 11.3 Å². The van der Waals surface area contributed by atoms with Gasteiger partial charge in [-0.2, -0.15) is 0 Å². The minimum atomic E-state index is -0.202. The number of aromatic nitrogens is 2. The molecule has 6 heteroatoms. The smallest absolute Gasteiger partial charge is 0.258 e. The third kappa shape index (κ3) is 5.54. The lowest BCUT2D eigenvalue weighted by Gasteiger charge is -2.10. The maximum absolute atomic E-state index is 11.8. The SMILES string of the molecule is Cc1ccccc1OCC(=O)NCCOc1ccc(-c2ccccc2)nn1. The van der Waals surface area contributed by atoms with Crippen LogP contribution >= 0.6 is 0 Å². The van der Waals surface area contributed by atoms with E-state index in [2.05, 4.69) is 15.5 Å². The summed E-state index contributed by atoms with van der Waals surface area (Å²) < 4.78 is 11.0. The molecule has 3 rings (SSSR count). The lowest BCUT2D eigenvalue weighted by Crippen LogP contribution is -2.32. The van der Waals surface area contributed by atoms with Crippen LogP contribution in [0.3, 0.4) is 0 Å². The first-order chi connectivity index (χ1) is 13.2. The van der Waals surface area contributed by atoms with Crippen molar-refractivity contribution >= 4 is 5.91 Å². The van der Waals surface area contributed by atoms with Gasteiger partial charge in [-0.05, 0) is 24.6 Å². The Morgan fingerprint density at radius 1 is 0.926 bits per heavy atom. The van der Waals surface area contributed by atoms with Gasteiger partial charge in [-0.1, -0.05) is 48.5 Å². The first kappa shape index (κ1) is 18.4. The average molecular weight is 363 g/mol. The summed E-state index contributed by atoms with van der Waals surface area (Å²) in [5.41, 5.74) is 2.77. The lowest BCUT2D eigenvalue weighted by molar-refractivity contribution is -0.123. The summed E-state index contributed by atoms with van der Waals surface area (Å²) in [7, 11) is 0. The van der Waals surface area contributed by atoms with Gasteiger partial charge in [0.2, 0.25) is 5.88 Å². The van der Waals surface area contributed by atoms with E-state index in [1.54, 1.807) is 6.07 Å². The Hall–Kier alpha value is -3.41. The third-order valence-electron chi connectivity index (χ3n) is 3.84. The van der Waals surface area contributed by atoms with E-state index in [-0.39, 0.29) is 12.5 Å². The van der Waals surface area contributed by atoms with Crippen LogP contribution in [-0.2, 0) is 4.79 Å². The molecule has 0 fully saturated rings. The molecule has 1 amide bonds. The second-order valence-corrected chi connectivity index (χ2v) is 5.88. The van der Waals surface area contributed by atoms with E-state index >= 15 is 0 Å². The Balaban J connectivity index is 1.37. The molecule has 1 heterocycles. The molecular weight excluding hydrogens is 342 g/mol. The number of nitrogens with one attached hydrogen (secondary N) is 1. The van der Waals surface area contributed by atoms with E-state index in [4.69, 9.17) is 9.47 Å². The van der Waals surface area contributed by atoms with Gasteiger partial charge in [-0.15, -0.1) is 10.2 Å². The van der Waals surface area contributed by atoms with Crippen LogP contribution in [0, 0.1) is 6.92 Å². The monoisotopic (exact) mass is 363 g/mol. The molecule has 6 nitrogen and oxygen atoms in total. The van der Waals surface area contributed by atoms with Gasteiger partial charge in [0.05, 0.1) is 12.2 Å². The van der Waals surface area contributed by atoms with Crippen molar-refractivity contribution in [3.63, 3.8) is 0 Å². The third-order valence-corrected chi connectivity index (χ3v) is 3.84. The number of ether oxygens (including phenoxy) is 2. The van der Waals surface area contributed by atoms with Crippen molar-refractivity contribution in [3.05, 3.63) is 72.3 Å². The Labute approximate surface area is 158 Å². The van der Waals surface area contributed by atoms with Crippen molar-refractivity contribution in [2.45, 2.75) is 6.92 Å². The largest absolute Gasteiger partial charge is 0.484 e. The molecule has 0 saturated carbocycles. The normalized spacial score (nSPS) is 10.3. The maximum Gasteiger partial charge on any atom is 0.258 e. The first-order valence-corrected chi connectivity index (χ1v) is 8.69. The highest BCUT2D eigenvalue weighted by Crippen LogP contribution is 2.17. The molecule has 0 atom stereocenters. The predicted octanol–water partition coefficient (Wildman–Crippen LogP) is 3.03. The number of benzene rings is 2. The molecule has 0 spiro atoms. The van der Waals surface area contributed by atoms with Crippen molar-refractivity contribution in [2.75, 3.05) is 19.8 Å². The number of carbonyl (C=O) groups excluding carboxylic acids is 1. The molecular formula is C21H21N3O3. The maximum atomic E-state index is 11.8. The van der Waals surface area contributed by atoms with Crippen LogP contribution in [0.2, 0.25) is 0 Å². The number of aryl methyl sites for hydroxylation is 1. The van der Waals surface area contributed by atoms with E-state index in [1.807, 2.05) is 67.6 Å². The molecule has 138 valence electrons. The van der Waals surface area contributed by atoms with Crippen LogP contribution in [0.5, 0.6) is 11.6 Å². The molecule has 0 radical (unpaired) electrons. The Kier molecular flexibility index (Phi) is 6.35. The summed E-state index contributed by atoms with van der Waals surface area (Å²) >= 11 is 0. The number of hydrogen-bond acceptors (Lipinski definition) is 5. The molecule has 0 aliphatic carbocycles. The van der Waals surface area contributed by atoms with Crippen molar-refractivity contribution in [2.24, 2.45) is 0 Å². The Morgan fingerprint density at radius 3 is 2.44 bits per heavy atom. The highest BCUT2D eigenvalue weighted by molar-refractivity contribution is 5.77. The van der Waals surface area contributed by atoms with Crippen molar-refractivity contribution in [1.29, 1.82) is 0 Å². The van der Waals surface area contributed by atoms with E-state index in [1.165, 1.54) is 0 Å². The van der Waals surface area contributed by atoms with E-state index in [0.717, 1.165) is 16.8 Å². The number of hydrogen-bond donors (Lipinski definition) is 1. The fraction of sp³-hybridized carbons (Fsp3) is 0.190. The molecule has 0 aliphatic rings. The van der Waals surface area contributed by atoms with Gasteiger partial charge in [0.1, 0.15) is 12.4 Å². The van der Waals surface area contributed by atoms with E-state index < -0.39 is 0 Å². The summed E-state index contributed by atoms with van der Waals surface area (Å²) in [5, 5.41) is 10.9. The van der Waals surface area contributed by atoms with E-state index in [0.29, 0.717) is 24.8 Å². The fourth-order valence-electron chi connectivity index (χ4n) is 2.42. The van der Waals surface area contributed by atoms with Gasteiger partial charge in [0.15, 0.2) is 6.61 Å². The number of carbonyl (C=O) groups is 1. The lowest BCUT2D eigenvalue weighted by atomic mass is 10.1. The Bertz CT molecular complexity index is 867. The van der Waals surface area contributed by atoms with Crippen LogP contribution in [0.15, 0.2) is 66.7 Å². The van der Waals surface area contributed by atoms with Crippen LogP contribution < -0.4 is 14.8 Å². The standard InChI is InChI=1S/C21H21N3O3/c1-16-7-5-6-10-19(16)27-15-20(25)22-13-14-26-21-12-11-18(23-24-21)17-8-3-2-4-9-17/h2-12H,13-15H2,1H3,(H,22,25). The summed E-state index contributed by atoms with van der Waals surface area (Å²) in [6, 6.07) is 21.0. The van der Waals surface area contributed by atoms with Crippen molar-refractivity contribution in [3.8, 4) is 22.9 Å². The zero-order valence-electron chi connectivity index (χ0n) is 15.1. The average Bonchev–Trinajstić information content (AvgIpc) is 2.72. The summed E-state index contributed by atoms with van der Waals surface area (Å²) in [6.07, 6.45) is 0. The van der Waals surface area contributed by atoms with Crippen LogP contribution in [0.4, 0.5) is 0 Å². The zero-order valence-corrected chi connectivity index (χ0v) is 15.1. The highest BCUT2D eigenvalue weighted by Gasteiger charge is 2.05. The summed E-state index contributed by atoms with van der Waals surface area (Å²) in [6.45, 7) is 2.56. The molecule has 27 heavy (non-hydrogen) atoms. The van der Waals surface area contributed by atoms with Gasteiger partial charge in [-0.3, -0.25) is 4.79 Å². The van der Waals surface area contributed by atoms with Gasteiger partial charge < -0.3 is 14.8 Å². The number of nitrogens with zero attached hydrogens (tertiary/aromatic N) is 2. The predicted molar refractivity (Wildman–Crippen MR) is 103 cm³/mol. The van der Waals surface area contributed by atoms with Crippen LogP contribution in [-0.4, -0.2) is 35.9 Å². The fourth-order valence-corrected chi connectivity index (χ4v) is 2.42. The Morgan fingerprint density at radius 2 is 1.70 bits per heavy atom. The first-order valence-electron chi connectivity index (χ1n) is 8.69. The molecule has 1 aromatic heterocycles. The van der Waals surface area contributed by atoms with Crippen molar-refractivity contribution < 1.29 is 14.3 Å². The number of para-hydroxylation sites is 1. The second kappa shape index (κ2) is 9.33. The number of amides is 1. The summed E-state index contributed by atoms with van der Waals surface area (Å²) in [4.78, 5) is 11.8. The molecule has 0 unspecified atom stereocenters. The van der Waals surface area contributed by atoms with E-state index in [9.17, 15) is 4.79 Å². The molecule has 0 aliphatic heterocycles. The van der Waals surface area contributed by atoms with Gasteiger partial charge in [0, 0.05) is 11.6 Å². The topological polar surface area (TPSA) is 73.3 Å². The minimum Gasteiger partial charge on any atom is -0.484 e. The van der Waals surface area contributed by atoms with Crippen LogP contribution in [0.1, 0.15) is 5.56 Å². The highest BCUT2D eigenvalue weighted by atomic mass is 16.5. The molecule has 3 aromatic rings. The zero-order chi connectivity index (χ0) is 18.9. The summed E-state index contributed by atoms with van der Waals surface area (Å²) in [5.74, 6) is 0.921. The number of rotatable bonds is 8. The van der Waals surface area contributed by atoms with Crippen molar-refractivity contribution in [1.82, 2.24) is 15.5 Å². The minimum absolute atomic E-state index is 0.0313. The van der Waals surface area contributed by atoms with Gasteiger partial charge in [0.25, 0.3) is 5.91 Å². The molecule has 1 N–H and O–H groups in total. The molecule has 0 saturated heterocycles. The van der Waals surface area contributed by atoms with Gasteiger partial charge >= 0.3 is 0 Å². The van der Waals surface area contributed by atoms with Gasteiger partial charge in [-0.25, -0.2) is 0 Å². The second-order valence-electron chi connectivity index (χ2n) is 5.88. The molecule has 0 bridgehead atoms. The molecule has 2 aromatic carbocycles. The quantitative estimate of drug-likeness (QED) is 0.623.